The molecule has 4 aliphatic heterocycles. The standard InChI is InChI=1S/C61H73ClN8O11/c1-38(2)46(30-43(71)15-6-4-10-27-69-55(73)24-25-56(69)74)58(75)67-48(18-12-26-64-61(63)78)59(76)66-41-22-20-39(21-23-41)37-81-51-33-50-57(45-17-9-8-16-44(45)51)40(34-62)36-70(50)54(72)19-7-5-11-29-80-53-32-49-47(31-52(53)79-3)60(77)68-28-13-14-42(68)35-65-49/h8-9,16-17,20-25,31-33,35,38,40,42,46,48H,4-7,10-15,18-19,26-30,34,36-37H2,1-3H3,(H,66,76)(H,67,75)(H3,63,64,78)/t40-,42+,46+,48+/m1/s1. The van der Waals surface area contributed by atoms with E-state index in [1.807, 2.05) is 72.3 Å². The second-order valence-corrected chi connectivity index (χ2v) is 21.7. The molecule has 8 rings (SSSR count). The number of ether oxygens (including phenoxy) is 3. The summed E-state index contributed by atoms with van der Waals surface area (Å²) >= 11 is 6.59. The predicted octanol–water partition coefficient (Wildman–Crippen LogP) is 8.64. The first-order chi connectivity index (χ1) is 39.1. The van der Waals surface area contributed by atoms with Crippen LogP contribution in [0.15, 0.2) is 83.9 Å². The molecule has 1 saturated heterocycles. The van der Waals surface area contributed by atoms with E-state index >= 15 is 0 Å². The number of primary amides is 1. The highest BCUT2D eigenvalue weighted by molar-refractivity contribution is 6.19. The van der Waals surface area contributed by atoms with Gasteiger partial charge in [-0.1, -0.05) is 56.7 Å². The summed E-state index contributed by atoms with van der Waals surface area (Å²) in [7, 11) is 1.55. The number of urea groups is 1. The van der Waals surface area contributed by atoms with Gasteiger partial charge in [0.25, 0.3) is 17.7 Å². The van der Waals surface area contributed by atoms with E-state index in [9.17, 15) is 38.4 Å². The molecule has 0 radical (unpaired) electrons. The van der Waals surface area contributed by atoms with Gasteiger partial charge >= 0.3 is 6.03 Å². The summed E-state index contributed by atoms with van der Waals surface area (Å²) in [6.07, 6.45) is 11.0. The van der Waals surface area contributed by atoms with E-state index < -0.39 is 29.8 Å². The van der Waals surface area contributed by atoms with Gasteiger partial charge in [-0.25, -0.2) is 4.79 Å². The van der Waals surface area contributed by atoms with Crippen molar-refractivity contribution >= 4 is 92.9 Å². The number of methoxy groups -OCH3 is 1. The summed E-state index contributed by atoms with van der Waals surface area (Å²) in [5.74, 6) is -0.831. The molecule has 4 aromatic rings. The van der Waals surface area contributed by atoms with Crippen molar-refractivity contribution in [1.82, 2.24) is 20.4 Å². The third kappa shape index (κ3) is 15.0. The molecule has 4 aromatic carbocycles. The third-order valence-corrected chi connectivity index (χ3v) is 15.8. The van der Waals surface area contributed by atoms with Gasteiger partial charge in [-0.05, 0) is 98.4 Å². The van der Waals surface area contributed by atoms with Crippen LogP contribution in [0.25, 0.3) is 10.8 Å². The molecule has 0 spiro atoms. The lowest BCUT2D eigenvalue weighted by Crippen LogP contribution is -2.47. The molecule has 81 heavy (non-hydrogen) atoms. The summed E-state index contributed by atoms with van der Waals surface area (Å²) in [6, 6.07) is 18.8. The maximum atomic E-state index is 14.0. The Morgan fingerprint density at radius 1 is 0.827 bits per heavy atom. The molecule has 0 bridgehead atoms. The Hall–Kier alpha value is -7.80. The minimum Gasteiger partial charge on any atom is -0.493 e. The van der Waals surface area contributed by atoms with E-state index in [0.29, 0.717) is 105 Å². The average molecular weight is 1130 g/mol. The number of halogens is 1. The second-order valence-electron chi connectivity index (χ2n) is 21.4. The zero-order valence-corrected chi connectivity index (χ0v) is 47.1. The number of hydrogen-bond donors (Lipinski definition) is 4. The lowest BCUT2D eigenvalue weighted by Gasteiger charge is -2.24. The molecule has 0 saturated carbocycles. The molecule has 4 aliphatic rings. The third-order valence-electron chi connectivity index (χ3n) is 15.4. The first-order valence-corrected chi connectivity index (χ1v) is 28.7. The zero-order chi connectivity index (χ0) is 57.6. The van der Waals surface area contributed by atoms with Gasteiger partial charge in [0, 0.05) is 105 Å². The summed E-state index contributed by atoms with van der Waals surface area (Å²) in [5.41, 5.74) is 9.39. The number of nitrogens with zero attached hydrogens (tertiary/aromatic N) is 4. The van der Waals surface area contributed by atoms with Crippen LogP contribution >= 0.6 is 11.6 Å². The van der Waals surface area contributed by atoms with Crippen LogP contribution in [0.1, 0.15) is 125 Å². The lowest BCUT2D eigenvalue weighted by molar-refractivity contribution is -0.137. The smallest absolute Gasteiger partial charge is 0.312 e. The quantitative estimate of drug-likeness (QED) is 0.0228. The molecule has 4 atom stereocenters. The highest BCUT2D eigenvalue weighted by atomic mass is 35.5. The van der Waals surface area contributed by atoms with Crippen molar-refractivity contribution in [2.75, 3.05) is 56.0 Å². The number of ketones is 1. The summed E-state index contributed by atoms with van der Waals surface area (Å²) in [5, 5.41) is 10.1. The topological polar surface area (TPSA) is 248 Å². The predicted molar refractivity (Wildman–Crippen MR) is 309 cm³/mol. The zero-order valence-electron chi connectivity index (χ0n) is 46.3. The number of nitrogens with two attached hydrogens (primary N) is 1. The molecule has 19 nitrogen and oxygen atoms in total. The van der Waals surface area contributed by atoms with E-state index in [2.05, 4.69) is 20.9 Å². The van der Waals surface area contributed by atoms with Gasteiger partial charge in [-0.3, -0.25) is 43.5 Å². The molecule has 1 fully saturated rings. The first kappa shape index (κ1) is 59.3. The summed E-state index contributed by atoms with van der Waals surface area (Å²) in [6.45, 7) is 5.87. The Balaban J connectivity index is 0.844. The maximum Gasteiger partial charge on any atom is 0.312 e. The number of nitrogens with one attached hydrogen (secondary N) is 3. The molecule has 0 unspecified atom stereocenters. The van der Waals surface area contributed by atoms with E-state index in [4.69, 9.17) is 31.5 Å². The highest BCUT2D eigenvalue weighted by Gasteiger charge is 2.36. The van der Waals surface area contributed by atoms with Crippen LogP contribution in [0.2, 0.25) is 0 Å². The fraction of sp³-hybridized carbons (Fsp3) is 0.459. The Kier molecular flexibility index (Phi) is 20.6. The number of alkyl halides is 1. The van der Waals surface area contributed by atoms with Crippen molar-refractivity contribution in [3.8, 4) is 17.2 Å². The number of carbonyl (C=O) groups excluding carboxylic acids is 8. The summed E-state index contributed by atoms with van der Waals surface area (Å²) in [4.78, 5) is 113. The maximum absolute atomic E-state index is 14.0. The normalized spacial score (nSPS) is 17.0. The number of rotatable bonds is 29. The number of hydrogen-bond acceptors (Lipinski definition) is 12. The number of aliphatic imine (C=N–C) groups is 1. The molecular formula is C61H73ClN8O11. The largest absolute Gasteiger partial charge is 0.493 e. The first-order valence-electron chi connectivity index (χ1n) is 28.2. The van der Waals surface area contributed by atoms with Crippen LogP contribution in [-0.2, 0) is 35.4 Å². The van der Waals surface area contributed by atoms with Crippen LogP contribution in [0.5, 0.6) is 17.2 Å². The number of anilines is 2. The Morgan fingerprint density at radius 3 is 2.30 bits per heavy atom. The van der Waals surface area contributed by atoms with Gasteiger partial charge in [0.05, 0.1) is 36.7 Å². The Labute approximate surface area is 477 Å². The Morgan fingerprint density at radius 2 is 1.57 bits per heavy atom. The number of fused-ring (bicyclic) bond motifs is 5. The molecule has 0 aromatic heterocycles. The molecule has 5 N–H and O–H groups in total. The molecule has 20 heteroatoms. The van der Waals surface area contributed by atoms with E-state index in [1.165, 1.54) is 17.1 Å². The number of carbonyl (C=O) groups is 8. The highest BCUT2D eigenvalue weighted by Crippen LogP contribution is 2.46. The van der Waals surface area contributed by atoms with Crippen molar-refractivity contribution in [2.24, 2.45) is 22.6 Å². The van der Waals surface area contributed by atoms with Gasteiger partial charge in [-0.15, -0.1) is 11.6 Å². The van der Waals surface area contributed by atoms with Crippen LogP contribution in [0.4, 0.5) is 21.9 Å². The van der Waals surface area contributed by atoms with E-state index in [1.54, 1.807) is 31.4 Å². The van der Waals surface area contributed by atoms with Crippen LogP contribution < -0.4 is 40.8 Å². The van der Waals surface area contributed by atoms with Crippen molar-refractivity contribution in [1.29, 1.82) is 0 Å². The van der Waals surface area contributed by atoms with Gasteiger partial charge in [0.15, 0.2) is 11.5 Å². The van der Waals surface area contributed by atoms with Crippen molar-refractivity contribution in [2.45, 2.75) is 122 Å². The number of unbranched alkanes of at least 4 members (excludes halogenated alkanes) is 4. The minimum absolute atomic E-state index is 0.00139. The molecule has 0 aliphatic carbocycles. The van der Waals surface area contributed by atoms with E-state index in [0.717, 1.165) is 46.8 Å². The Bertz CT molecular complexity index is 3040. The van der Waals surface area contributed by atoms with E-state index in [-0.39, 0.29) is 86.2 Å². The second kappa shape index (κ2) is 28.1. The summed E-state index contributed by atoms with van der Waals surface area (Å²) < 4.78 is 18.3. The van der Waals surface area contributed by atoms with Crippen LogP contribution in [-0.4, -0.2) is 121 Å². The number of amides is 8. The molecule has 8 amide bonds. The number of imide groups is 1. The van der Waals surface area contributed by atoms with Crippen molar-refractivity contribution in [3.63, 3.8) is 0 Å². The van der Waals surface area contributed by atoms with Crippen molar-refractivity contribution < 1.29 is 52.6 Å². The average Bonchev–Trinajstić information content (AvgIpc) is 4.30. The number of Topliss-reactive ketones (excluding diaryl/α,β-unsaturated/α-hetero) is 1. The van der Waals surface area contributed by atoms with Gasteiger partial charge in [-0.2, -0.15) is 0 Å². The SMILES string of the molecule is COc1cc2c(cc1OCCCCCC(=O)N1C[C@@H](CCl)c3c1cc(OCc1ccc(NC(=O)[C@H](CCCNC(N)=O)NC(=O)[C@@H](CC(=O)CCCCCN4C(=O)C=CC4=O)C(C)C)cc1)c1ccccc31)N=C[C@@H]1CCCN1C2=O. The number of benzene rings is 4. The molecule has 4 heterocycles. The molecular weight excluding hydrogens is 1060 g/mol. The van der Waals surface area contributed by atoms with Crippen LogP contribution in [0.3, 0.4) is 0 Å². The van der Waals surface area contributed by atoms with Gasteiger partial charge in [0.1, 0.15) is 24.2 Å². The lowest BCUT2D eigenvalue weighted by atomic mass is 9.88. The van der Waals surface area contributed by atoms with Gasteiger partial charge < -0.3 is 45.7 Å². The van der Waals surface area contributed by atoms with Gasteiger partial charge in [0.2, 0.25) is 17.7 Å². The minimum atomic E-state index is -1.000. The monoisotopic (exact) mass is 1130 g/mol. The van der Waals surface area contributed by atoms with Crippen LogP contribution in [0, 0.1) is 11.8 Å². The fourth-order valence-electron chi connectivity index (χ4n) is 10.9. The molecule has 430 valence electrons. The van der Waals surface area contributed by atoms with Crippen molar-refractivity contribution in [3.05, 3.63) is 95.6 Å². The fourth-order valence-corrected chi connectivity index (χ4v) is 11.2.